The predicted octanol–water partition coefficient (Wildman–Crippen LogP) is 4.87. The highest BCUT2D eigenvalue weighted by Crippen LogP contribution is 2.40. The molecule has 0 saturated carbocycles. The van der Waals surface area contributed by atoms with Gasteiger partial charge in [0.05, 0.1) is 5.92 Å². The second kappa shape index (κ2) is 7.13. The Hall–Kier alpha value is -3.40. The van der Waals surface area contributed by atoms with Crippen LogP contribution in [0.1, 0.15) is 28.7 Å². The summed E-state index contributed by atoms with van der Waals surface area (Å²) in [5.41, 5.74) is 8.78. The van der Waals surface area contributed by atoms with Crippen LogP contribution in [0.3, 0.4) is 0 Å². The number of amides is 2. The van der Waals surface area contributed by atoms with Gasteiger partial charge in [0, 0.05) is 30.8 Å². The lowest BCUT2D eigenvalue weighted by atomic mass is 10.0. The molecule has 30 heavy (non-hydrogen) atoms. The summed E-state index contributed by atoms with van der Waals surface area (Å²) in [6.45, 7) is 4.44. The number of hydrogen-bond donors (Lipinski definition) is 1. The molecule has 0 bridgehead atoms. The topological polar surface area (TPSA) is 49.4 Å². The quantitative estimate of drug-likeness (QED) is 0.537. The highest BCUT2D eigenvalue weighted by Gasteiger charge is 2.36. The number of nitrogens with zero attached hydrogens (tertiary/aromatic N) is 1. The van der Waals surface area contributed by atoms with E-state index in [-0.39, 0.29) is 24.2 Å². The first-order valence-corrected chi connectivity index (χ1v) is 10.4. The molecule has 4 nitrogen and oxygen atoms in total. The van der Waals surface area contributed by atoms with Crippen LogP contribution in [0, 0.1) is 19.8 Å². The standard InChI is InChI=1S/C26H24N2O2/c1-16-10-11-17(2)24(12-16)28-15-19(14-25(28)29)26(30)27-23-9-5-8-21-20-7-4-3-6-18(20)13-22(21)23/h3-12,19H,13-15H2,1-2H3,(H,27,30). The molecular formula is C26H24N2O2. The van der Waals surface area contributed by atoms with Gasteiger partial charge in [-0.25, -0.2) is 0 Å². The number of carbonyl (C=O) groups excluding carboxylic acids is 2. The number of aryl methyl sites for hydroxylation is 2. The molecular weight excluding hydrogens is 372 g/mol. The molecule has 1 atom stereocenters. The number of rotatable bonds is 3. The molecule has 1 fully saturated rings. The third kappa shape index (κ3) is 3.09. The summed E-state index contributed by atoms with van der Waals surface area (Å²) >= 11 is 0. The van der Waals surface area contributed by atoms with Crippen LogP contribution in [-0.2, 0) is 16.0 Å². The maximum absolute atomic E-state index is 13.1. The molecule has 0 radical (unpaired) electrons. The Morgan fingerprint density at radius 2 is 1.80 bits per heavy atom. The SMILES string of the molecule is Cc1ccc(C)c(N2CC(C(=O)Nc3cccc4c3Cc3ccccc3-4)CC2=O)c1. The van der Waals surface area contributed by atoms with Gasteiger partial charge in [-0.15, -0.1) is 0 Å². The largest absolute Gasteiger partial charge is 0.325 e. The van der Waals surface area contributed by atoms with Crippen LogP contribution in [0.4, 0.5) is 11.4 Å². The van der Waals surface area contributed by atoms with Gasteiger partial charge in [0.25, 0.3) is 0 Å². The Bertz CT molecular complexity index is 1180. The highest BCUT2D eigenvalue weighted by molar-refractivity contribution is 6.04. The Morgan fingerprint density at radius 3 is 2.67 bits per heavy atom. The number of nitrogens with one attached hydrogen (secondary N) is 1. The van der Waals surface area contributed by atoms with Gasteiger partial charge in [-0.05, 0) is 59.4 Å². The van der Waals surface area contributed by atoms with Crippen LogP contribution in [0.2, 0.25) is 0 Å². The zero-order valence-electron chi connectivity index (χ0n) is 17.2. The van der Waals surface area contributed by atoms with Crippen LogP contribution >= 0.6 is 0 Å². The molecule has 2 amide bonds. The second-order valence-corrected chi connectivity index (χ2v) is 8.35. The molecule has 3 aromatic rings. The van der Waals surface area contributed by atoms with E-state index in [4.69, 9.17) is 0 Å². The van der Waals surface area contributed by atoms with Crippen molar-refractivity contribution in [3.05, 3.63) is 82.9 Å². The van der Waals surface area contributed by atoms with Crippen molar-refractivity contribution >= 4 is 23.2 Å². The van der Waals surface area contributed by atoms with Gasteiger partial charge >= 0.3 is 0 Å². The summed E-state index contributed by atoms with van der Waals surface area (Å²) in [6, 6.07) is 20.5. The minimum atomic E-state index is -0.350. The van der Waals surface area contributed by atoms with Crippen molar-refractivity contribution in [2.75, 3.05) is 16.8 Å². The number of carbonyl (C=O) groups is 2. The van der Waals surface area contributed by atoms with Crippen molar-refractivity contribution in [3.63, 3.8) is 0 Å². The van der Waals surface area contributed by atoms with Crippen molar-refractivity contribution in [2.45, 2.75) is 26.7 Å². The van der Waals surface area contributed by atoms with Crippen LogP contribution in [0.15, 0.2) is 60.7 Å². The smallest absolute Gasteiger partial charge is 0.229 e. The minimum absolute atomic E-state index is 0.00884. The van der Waals surface area contributed by atoms with E-state index < -0.39 is 0 Å². The summed E-state index contributed by atoms with van der Waals surface area (Å²) in [7, 11) is 0. The van der Waals surface area contributed by atoms with Crippen molar-refractivity contribution in [3.8, 4) is 11.1 Å². The average Bonchev–Trinajstić information content (AvgIpc) is 3.31. The molecule has 1 aliphatic heterocycles. The summed E-state index contributed by atoms with van der Waals surface area (Å²) in [6.07, 6.45) is 1.06. The normalized spacial score (nSPS) is 17.1. The average molecular weight is 396 g/mol. The predicted molar refractivity (Wildman–Crippen MR) is 120 cm³/mol. The molecule has 0 aromatic heterocycles. The third-order valence-electron chi connectivity index (χ3n) is 6.26. The molecule has 150 valence electrons. The Labute approximate surface area is 176 Å². The van der Waals surface area contributed by atoms with Crippen molar-refractivity contribution in [1.29, 1.82) is 0 Å². The van der Waals surface area contributed by atoms with Crippen LogP contribution < -0.4 is 10.2 Å². The molecule has 1 saturated heterocycles. The van der Waals surface area contributed by atoms with Crippen molar-refractivity contribution in [2.24, 2.45) is 5.92 Å². The fourth-order valence-electron chi connectivity index (χ4n) is 4.64. The minimum Gasteiger partial charge on any atom is -0.325 e. The van der Waals surface area contributed by atoms with E-state index in [1.54, 1.807) is 4.90 Å². The zero-order chi connectivity index (χ0) is 20.8. The molecule has 4 heteroatoms. The molecule has 3 aromatic carbocycles. The van der Waals surface area contributed by atoms with E-state index in [1.807, 2.05) is 50.2 Å². The lowest BCUT2D eigenvalue weighted by Crippen LogP contribution is -2.28. The first kappa shape index (κ1) is 18.6. The summed E-state index contributed by atoms with van der Waals surface area (Å²) < 4.78 is 0. The lowest BCUT2D eigenvalue weighted by molar-refractivity contribution is -0.122. The van der Waals surface area contributed by atoms with E-state index in [1.165, 1.54) is 16.7 Å². The van der Waals surface area contributed by atoms with Crippen LogP contribution in [-0.4, -0.2) is 18.4 Å². The van der Waals surface area contributed by atoms with Gasteiger partial charge in [0.1, 0.15) is 0 Å². The summed E-state index contributed by atoms with van der Waals surface area (Å²) in [4.78, 5) is 27.5. The fraction of sp³-hybridized carbons (Fsp3) is 0.231. The van der Waals surface area contributed by atoms with Gasteiger partial charge in [-0.3, -0.25) is 9.59 Å². The Morgan fingerprint density at radius 1 is 1.00 bits per heavy atom. The van der Waals surface area contributed by atoms with E-state index in [0.29, 0.717) is 6.54 Å². The number of benzene rings is 3. The molecule has 1 heterocycles. The fourth-order valence-corrected chi connectivity index (χ4v) is 4.64. The molecule has 1 aliphatic carbocycles. The van der Waals surface area contributed by atoms with Crippen molar-refractivity contribution < 1.29 is 9.59 Å². The Balaban J connectivity index is 1.36. The Kier molecular flexibility index (Phi) is 4.43. The summed E-state index contributed by atoms with van der Waals surface area (Å²) in [5, 5.41) is 3.12. The number of hydrogen-bond acceptors (Lipinski definition) is 2. The van der Waals surface area contributed by atoms with E-state index in [9.17, 15) is 9.59 Å². The van der Waals surface area contributed by atoms with Crippen molar-refractivity contribution in [1.82, 2.24) is 0 Å². The zero-order valence-corrected chi connectivity index (χ0v) is 17.2. The van der Waals surface area contributed by atoms with Crippen LogP contribution in [0.5, 0.6) is 0 Å². The molecule has 1 N–H and O–H groups in total. The van der Waals surface area contributed by atoms with Gasteiger partial charge in [-0.2, -0.15) is 0 Å². The maximum Gasteiger partial charge on any atom is 0.229 e. The molecule has 0 spiro atoms. The van der Waals surface area contributed by atoms with Gasteiger partial charge in [0.15, 0.2) is 0 Å². The second-order valence-electron chi connectivity index (χ2n) is 8.35. The molecule has 5 rings (SSSR count). The monoisotopic (exact) mass is 396 g/mol. The maximum atomic E-state index is 13.1. The lowest BCUT2D eigenvalue weighted by Gasteiger charge is -2.20. The van der Waals surface area contributed by atoms with E-state index in [0.717, 1.165) is 34.5 Å². The van der Waals surface area contributed by atoms with Crippen LogP contribution in [0.25, 0.3) is 11.1 Å². The van der Waals surface area contributed by atoms with Gasteiger partial charge < -0.3 is 10.2 Å². The van der Waals surface area contributed by atoms with Gasteiger partial charge in [0.2, 0.25) is 11.8 Å². The molecule has 1 unspecified atom stereocenters. The number of anilines is 2. The highest BCUT2D eigenvalue weighted by atomic mass is 16.2. The van der Waals surface area contributed by atoms with Gasteiger partial charge in [-0.1, -0.05) is 48.5 Å². The first-order valence-electron chi connectivity index (χ1n) is 10.4. The van der Waals surface area contributed by atoms with E-state index >= 15 is 0 Å². The number of fused-ring (bicyclic) bond motifs is 3. The summed E-state index contributed by atoms with van der Waals surface area (Å²) in [5.74, 6) is -0.424. The molecule has 2 aliphatic rings. The van der Waals surface area contributed by atoms with E-state index in [2.05, 4.69) is 29.6 Å². The first-order chi connectivity index (χ1) is 14.5. The third-order valence-corrected chi connectivity index (χ3v) is 6.26.